The summed E-state index contributed by atoms with van der Waals surface area (Å²) in [6, 6.07) is -0.674. The lowest BCUT2D eigenvalue weighted by Crippen LogP contribution is -2.45. The first-order valence-electron chi connectivity index (χ1n) is 27.1. The third kappa shape index (κ3) is 48.8. The van der Waals surface area contributed by atoms with Gasteiger partial charge in [-0.05, 0) is 83.5 Å². The molecule has 1 amide bonds. The second-order valence-electron chi connectivity index (χ2n) is 18.2. The van der Waals surface area contributed by atoms with Crippen LogP contribution in [-0.2, 0) is 14.3 Å². The van der Waals surface area contributed by atoms with E-state index in [2.05, 4.69) is 61.7 Å². The Hall–Kier alpha value is -2.44. The molecule has 0 aromatic carbocycles. The van der Waals surface area contributed by atoms with Crippen LogP contribution in [0.4, 0.5) is 0 Å². The topological polar surface area (TPSA) is 95.9 Å². The highest BCUT2D eigenvalue weighted by Crippen LogP contribution is 2.15. The standard InChI is InChI=1S/C57H103NO5/c1-3-5-7-9-11-13-15-17-19-20-21-23-25-29-33-37-41-45-49-55(60)54(53-59)58-56(61)50-46-42-38-34-30-26-24-28-32-36-40-44-48-52-63-57(62)51-47-43-39-35-31-27-22-18-16-14-12-10-8-6-4-2/h12,14,18,22,26,30,38,42,45,49,54-55,59-60H,3-11,13,15-17,19-21,23-25,27-29,31-37,39-41,43-44,46-48,50-53H2,1-2H3,(H,58,61)/b14-12-,22-18-,30-26-,42-38-,49-45+. The summed E-state index contributed by atoms with van der Waals surface area (Å²) in [6.45, 7) is 4.80. The number of rotatable bonds is 49. The molecule has 6 heteroatoms. The van der Waals surface area contributed by atoms with Gasteiger partial charge in [-0.3, -0.25) is 9.59 Å². The van der Waals surface area contributed by atoms with Crippen molar-refractivity contribution >= 4 is 11.9 Å². The van der Waals surface area contributed by atoms with Gasteiger partial charge in [0.2, 0.25) is 5.91 Å². The largest absolute Gasteiger partial charge is 0.466 e. The quantitative estimate of drug-likeness (QED) is 0.0321. The Morgan fingerprint density at radius 2 is 0.810 bits per heavy atom. The first-order valence-corrected chi connectivity index (χ1v) is 27.1. The van der Waals surface area contributed by atoms with E-state index in [4.69, 9.17) is 4.74 Å². The van der Waals surface area contributed by atoms with Crippen molar-refractivity contribution < 1.29 is 24.5 Å². The monoisotopic (exact) mass is 882 g/mol. The number of esters is 1. The van der Waals surface area contributed by atoms with Gasteiger partial charge >= 0.3 is 5.97 Å². The SMILES string of the molecule is CCCCC/C=C\C/C=C\CCCCCCCC(=O)OCCCCCCCC/C=C\C/C=C\CCC(=O)NC(CO)C(O)/C=C/CCCCCCCCCCCCCCCCCC. The highest BCUT2D eigenvalue weighted by atomic mass is 16.5. The van der Waals surface area contributed by atoms with Crippen molar-refractivity contribution in [1.29, 1.82) is 0 Å². The average molecular weight is 882 g/mol. The predicted octanol–water partition coefficient (Wildman–Crippen LogP) is 16.4. The molecule has 3 N–H and O–H groups in total. The molecule has 2 unspecified atom stereocenters. The van der Waals surface area contributed by atoms with E-state index in [1.807, 2.05) is 12.2 Å². The third-order valence-electron chi connectivity index (χ3n) is 12.0. The molecular weight excluding hydrogens is 779 g/mol. The molecule has 6 nitrogen and oxygen atoms in total. The number of hydrogen-bond donors (Lipinski definition) is 3. The number of unbranched alkanes of at least 4 members (excludes halogenated alkanes) is 30. The molecule has 0 rings (SSSR count). The van der Waals surface area contributed by atoms with Crippen molar-refractivity contribution in [3.8, 4) is 0 Å². The third-order valence-corrected chi connectivity index (χ3v) is 12.0. The Morgan fingerprint density at radius 3 is 1.27 bits per heavy atom. The van der Waals surface area contributed by atoms with E-state index in [9.17, 15) is 19.8 Å². The smallest absolute Gasteiger partial charge is 0.305 e. The summed E-state index contributed by atoms with van der Waals surface area (Å²) < 4.78 is 5.44. The zero-order valence-corrected chi connectivity index (χ0v) is 41.5. The zero-order valence-electron chi connectivity index (χ0n) is 41.5. The van der Waals surface area contributed by atoms with Crippen LogP contribution in [-0.4, -0.2) is 47.4 Å². The van der Waals surface area contributed by atoms with Gasteiger partial charge in [-0.2, -0.15) is 0 Å². The maximum atomic E-state index is 12.4. The predicted molar refractivity (Wildman–Crippen MR) is 273 cm³/mol. The Kier molecular flexibility index (Phi) is 50.2. The number of amides is 1. The summed E-state index contributed by atoms with van der Waals surface area (Å²) in [5.41, 5.74) is 0. The van der Waals surface area contributed by atoms with Crippen molar-refractivity contribution in [3.05, 3.63) is 60.8 Å². The minimum atomic E-state index is -0.881. The normalized spacial score (nSPS) is 13.1. The van der Waals surface area contributed by atoms with Crippen LogP contribution in [0.5, 0.6) is 0 Å². The number of carbonyl (C=O) groups excluding carboxylic acids is 2. The van der Waals surface area contributed by atoms with Crippen molar-refractivity contribution in [1.82, 2.24) is 5.32 Å². The van der Waals surface area contributed by atoms with Crippen LogP contribution in [0.25, 0.3) is 0 Å². The van der Waals surface area contributed by atoms with Gasteiger partial charge < -0.3 is 20.3 Å². The van der Waals surface area contributed by atoms with E-state index in [0.29, 0.717) is 25.9 Å². The number of aliphatic hydroxyl groups excluding tert-OH is 2. The Bertz CT molecular complexity index is 1110. The zero-order chi connectivity index (χ0) is 45.8. The van der Waals surface area contributed by atoms with Crippen LogP contribution in [0, 0.1) is 0 Å². The number of allylic oxidation sites excluding steroid dienone is 9. The molecule has 0 aliphatic rings. The van der Waals surface area contributed by atoms with Crippen molar-refractivity contribution in [2.24, 2.45) is 0 Å². The van der Waals surface area contributed by atoms with E-state index in [1.165, 1.54) is 167 Å². The molecule has 63 heavy (non-hydrogen) atoms. The number of carbonyl (C=O) groups is 2. The molecule has 0 aromatic rings. The molecule has 0 heterocycles. The highest BCUT2D eigenvalue weighted by Gasteiger charge is 2.17. The molecule has 0 aliphatic carbocycles. The van der Waals surface area contributed by atoms with E-state index < -0.39 is 12.1 Å². The molecular formula is C57H103NO5. The summed E-state index contributed by atoms with van der Waals surface area (Å²) in [4.78, 5) is 24.4. The summed E-state index contributed by atoms with van der Waals surface area (Å²) in [5, 5.41) is 23.0. The first-order chi connectivity index (χ1) is 31.0. The summed E-state index contributed by atoms with van der Waals surface area (Å²) in [7, 11) is 0. The van der Waals surface area contributed by atoms with Gasteiger partial charge in [-0.25, -0.2) is 0 Å². The fraction of sp³-hybridized carbons (Fsp3) is 0.789. The van der Waals surface area contributed by atoms with Crippen LogP contribution in [0.2, 0.25) is 0 Å². The molecule has 366 valence electrons. The van der Waals surface area contributed by atoms with Gasteiger partial charge in [-0.15, -0.1) is 0 Å². The van der Waals surface area contributed by atoms with Gasteiger partial charge in [0.25, 0.3) is 0 Å². The van der Waals surface area contributed by atoms with E-state index in [1.54, 1.807) is 6.08 Å². The number of hydrogen-bond acceptors (Lipinski definition) is 5. The highest BCUT2D eigenvalue weighted by molar-refractivity contribution is 5.76. The van der Waals surface area contributed by atoms with Crippen LogP contribution in [0.3, 0.4) is 0 Å². The lowest BCUT2D eigenvalue weighted by Gasteiger charge is -2.19. The van der Waals surface area contributed by atoms with Crippen molar-refractivity contribution in [2.45, 2.75) is 276 Å². The van der Waals surface area contributed by atoms with Crippen LogP contribution < -0.4 is 5.32 Å². The Morgan fingerprint density at radius 1 is 0.444 bits per heavy atom. The Balaban J connectivity index is 3.61. The summed E-state index contributed by atoms with van der Waals surface area (Å²) in [6.07, 6.45) is 66.6. The molecule has 0 spiro atoms. The maximum Gasteiger partial charge on any atom is 0.305 e. The number of aliphatic hydroxyl groups is 2. The van der Waals surface area contributed by atoms with E-state index >= 15 is 0 Å². The minimum Gasteiger partial charge on any atom is -0.466 e. The van der Waals surface area contributed by atoms with Gasteiger partial charge in [0.05, 0.1) is 25.4 Å². The molecule has 2 atom stereocenters. The molecule has 0 fully saturated rings. The van der Waals surface area contributed by atoms with E-state index in [0.717, 1.165) is 64.2 Å². The van der Waals surface area contributed by atoms with Crippen LogP contribution >= 0.6 is 0 Å². The van der Waals surface area contributed by atoms with Crippen LogP contribution in [0.15, 0.2) is 60.8 Å². The maximum absolute atomic E-state index is 12.4. The summed E-state index contributed by atoms with van der Waals surface area (Å²) >= 11 is 0. The minimum absolute atomic E-state index is 0.0333. The molecule has 0 aromatic heterocycles. The number of nitrogens with one attached hydrogen (secondary N) is 1. The van der Waals surface area contributed by atoms with Gasteiger partial charge in [-0.1, -0.05) is 229 Å². The number of ether oxygens (including phenoxy) is 1. The Labute approximate surface area is 390 Å². The lowest BCUT2D eigenvalue weighted by molar-refractivity contribution is -0.143. The van der Waals surface area contributed by atoms with Gasteiger partial charge in [0.1, 0.15) is 0 Å². The molecule has 0 radical (unpaired) electrons. The lowest BCUT2D eigenvalue weighted by atomic mass is 10.0. The molecule has 0 bridgehead atoms. The second kappa shape index (κ2) is 52.2. The summed E-state index contributed by atoms with van der Waals surface area (Å²) in [5.74, 6) is -0.183. The fourth-order valence-corrected chi connectivity index (χ4v) is 7.83. The molecule has 0 saturated carbocycles. The molecule has 0 aliphatic heterocycles. The van der Waals surface area contributed by atoms with Gasteiger partial charge in [0, 0.05) is 12.8 Å². The first kappa shape index (κ1) is 60.6. The average Bonchev–Trinajstić information content (AvgIpc) is 3.28. The second-order valence-corrected chi connectivity index (χ2v) is 18.2. The van der Waals surface area contributed by atoms with Crippen molar-refractivity contribution in [3.63, 3.8) is 0 Å². The molecule has 0 saturated heterocycles. The van der Waals surface area contributed by atoms with Gasteiger partial charge in [0.15, 0.2) is 0 Å². The van der Waals surface area contributed by atoms with Crippen molar-refractivity contribution in [2.75, 3.05) is 13.2 Å². The fourth-order valence-electron chi connectivity index (χ4n) is 7.83. The van der Waals surface area contributed by atoms with Crippen LogP contribution in [0.1, 0.15) is 264 Å². The van der Waals surface area contributed by atoms with E-state index in [-0.39, 0.29) is 18.5 Å².